The van der Waals surface area contributed by atoms with Crippen LogP contribution >= 0.6 is 0 Å². The van der Waals surface area contributed by atoms with Crippen LogP contribution in [0.3, 0.4) is 0 Å². The Bertz CT molecular complexity index is 259. The Balaban J connectivity index is 3.00. The fourth-order valence-electron chi connectivity index (χ4n) is 1.24. The Morgan fingerprint density at radius 3 is 2.55 bits per heavy atom. The maximum Gasteiger partial charge on any atom is 0.188 e. The lowest BCUT2D eigenvalue weighted by Gasteiger charge is -1.94. The van der Waals surface area contributed by atoms with E-state index >= 15 is 0 Å². The van der Waals surface area contributed by atoms with E-state index in [9.17, 15) is 9.59 Å². The number of carbonyl (C=O) groups is 2. The van der Waals surface area contributed by atoms with Gasteiger partial charge in [-0.05, 0) is 19.4 Å². The zero-order chi connectivity index (χ0) is 8.43. The van der Waals surface area contributed by atoms with Gasteiger partial charge in [-0.25, -0.2) is 0 Å². The van der Waals surface area contributed by atoms with Crippen molar-refractivity contribution in [3.63, 3.8) is 0 Å². The van der Waals surface area contributed by atoms with E-state index in [1.807, 2.05) is 6.92 Å². The lowest BCUT2D eigenvalue weighted by Crippen LogP contribution is -2.06. The summed E-state index contributed by atoms with van der Waals surface area (Å²) in [6, 6.07) is 0. The molecule has 0 fully saturated rings. The normalized spacial score (nSPS) is 17.4. The molecular weight excluding hydrogens is 140 g/mol. The van der Waals surface area contributed by atoms with Gasteiger partial charge in [-0.2, -0.15) is 0 Å². The van der Waals surface area contributed by atoms with Crippen LogP contribution in [0.25, 0.3) is 0 Å². The predicted molar refractivity (Wildman–Crippen MR) is 42.1 cm³/mol. The van der Waals surface area contributed by atoms with Crippen LogP contribution in [-0.4, -0.2) is 11.6 Å². The zero-order valence-corrected chi connectivity index (χ0v) is 6.52. The Morgan fingerprint density at radius 1 is 1.55 bits per heavy atom. The number of carbonyl (C=O) groups excluding carboxylic acids is 2. The molecule has 0 atom stereocenters. The van der Waals surface area contributed by atoms with Crippen molar-refractivity contribution in [3.05, 3.63) is 23.8 Å². The third kappa shape index (κ3) is 1.29. The van der Waals surface area contributed by atoms with Gasteiger partial charge in [0.05, 0.1) is 5.57 Å². The van der Waals surface area contributed by atoms with Gasteiger partial charge in [0, 0.05) is 6.42 Å². The first-order valence-electron chi connectivity index (χ1n) is 3.56. The van der Waals surface area contributed by atoms with Crippen molar-refractivity contribution < 1.29 is 9.59 Å². The van der Waals surface area contributed by atoms with Crippen molar-refractivity contribution in [2.24, 2.45) is 0 Å². The van der Waals surface area contributed by atoms with E-state index in [0.29, 0.717) is 12.0 Å². The molecule has 58 valence electrons. The van der Waals surface area contributed by atoms with E-state index in [1.165, 1.54) is 6.08 Å². The van der Waals surface area contributed by atoms with Crippen LogP contribution in [0, 0.1) is 0 Å². The third-order valence-corrected chi connectivity index (χ3v) is 1.86. The molecule has 0 unspecified atom stereocenters. The third-order valence-electron chi connectivity index (χ3n) is 1.86. The van der Waals surface area contributed by atoms with Crippen LogP contribution in [0.1, 0.15) is 19.8 Å². The molecule has 11 heavy (non-hydrogen) atoms. The Labute approximate surface area is 65.6 Å². The quantitative estimate of drug-likeness (QED) is 0.440. The average Bonchev–Trinajstić information content (AvgIpc) is 2.30. The fraction of sp³-hybridized carbons (Fsp3) is 0.333. The number of hydrogen-bond donors (Lipinski definition) is 0. The summed E-state index contributed by atoms with van der Waals surface area (Å²) in [5, 5.41) is 0. The van der Waals surface area contributed by atoms with Gasteiger partial charge >= 0.3 is 0 Å². The molecule has 0 aromatic heterocycles. The van der Waals surface area contributed by atoms with Gasteiger partial charge in [-0.1, -0.05) is 12.2 Å². The molecule has 0 N–H and O–H groups in total. The molecule has 0 aromatic rings. The molecule has 2 heteroatoms. The smallest absolute Gasteiger partial charge is 0.188 e. The molecule has 0 saturated carbocycles. The summed E-state index contributed by atoms with van der Waals surface area (Å²) in [5.41, 5.74) is 1.26. The summed E-state index contributed by atoms with van der Waals surface area (Å²) in [6.45, 7) is 5.16. The van der Waals surface area contributed by atoms with Gasteiger partial charge < -0.3 is 0 Å². The fourth-order valence-corrected chi connectivity index (χ4v) is 1.24. The highest BCUT2D eigenvalue weighted by atomic mass is 16.1. The molecule has 0 heterocycles. The molecule has 0 aliphatic heterocycles. The standard InChI is InChI=1S/C9H10O2/c1-3-7(10)9-6(2)4-5-8(9)11/h3H,1,4-5H2,2H3. The summed E-state index contributed by atoms with van der Waals surface area (Å²) < 4.78 is 0. The van der Waals surface area contributed by atoms with Crippen molar-refractivity contribution in [1.29, 1.82) is 0 Å². The highest BCUT2D eigenvalue weighted by molar-refractivity contribution is 6.25. The summed E-state index contributed by atoms with van der Waals surface area (Å²) >= 11 is 0. The minimum Gasteiger partial charge on any atom is -0.294 e. The minimum atomic E-state index is -0.231. The molecule has 1 aliphatic rings. The van der Waals surface area contributed by atoms with E-state index < -0.39 is 0 Å². The molecule has 0 saturated heterocycles. The predicted octanol–water partition coefficient (Wildman–Crippen LogP) is 1.42. The molecule has 0 bridgehead atoms. The zero-order valence-electron chi connectivity index (χ0n) is 6.52. The number of rotatable bonds is 2. The van der Waals surface area contributed by atoms with E-state index in [4.69, 9.17) is 0 Å². The van der Waals surface area contributed by atoms with E-state index in [2.05, 4.69) is 6.58 Å². The van der Waals surface area contributed by atoms with Crippen molar-refractivity contribution in [2.75, 3.05) is 0 Å². The number of allylic oxidation sites excluding steroid dienone is 3. The number of hydrogen-bond acceptors (Lipinski definition) is 2. The summed E-state index contributed by atoms with van der Waals surface area (Å²) in [7, 11) is 0. The molecular formula is C9H10O2. The SMILES string of the molecule is C=CC(=O)C1=C(C)CCC1=O. The maximum atomic E-state index is 11.1. The average molecular weight is 150 g/mol. The van der Waals surface area contributed by atoms with E-state index in [-0.39, 0.29) is 11.6 Å². The van der Waals surface area contributed by atoms with Crippen LogP contribution in [0.15, 0.2) is 23.8 Å². The largest absolute Gasteiger partial charge is 0.294 e. The van der Waals surface area contributed by atoms with Crippen molar-refractivity contribution in [1.82, 2.24) is 0 Å². The summed E-state index contributed by atoms with van der Waals surface area (Å²) in [6.07, 6.45) is 2.41. The molecule has 2 nitrogen and oxygen atoms in total. The molecule has 1 rings (SSSR count). The number of Topliss-reactive ketones (excluding diaryl/α,β-unsaturated/α-hetero) is 1. The summed E-state index contributed by atoms with van der Waals surface area (Å²) in [4.78, 5) is 22.1. The molecule has 0 radical (unpaired) electrons. The molecule has 0 spiro atoms. The van der Waals surface area contributed by atoms with Crippen LogP contribution < -0.4 is 0 Å². The minimum absolute atomic E-state index is 0.0348. The monoisotopic (exact) mass is 150 g/mol. The Kier molecular flexibility index (Phi) is 2.03. The second kappa shape index (κ2) is 2.82. The Hall–Kier alpha value is -1.18. The molecule has 0 aromatic carbocycles. The second-order valence-electron chi connectivity index (χ2n) is 2.65. The first-order chi connectivity index (χ1) is 5.16. The van der Waals surface area contributed by atoms with E-state index in [1.54, 1.807) is 0 Å². The van der Waals surface area contributed by atoms with Gasteiger partial charge in [-0.3, -0.25) is 9.59 Å². The van der Waals surface area contributed by atoms with Crippen molar-refractivity contribution >= 4 is 11.6 Å². The van der Waals surface area contributed by atoms with Crippen molar-refractivity contribution in [2.45, 2.75) is 19.8 Å². The first kappa shape index (κ1) is 7.92. The van der Waals surface area contributed by atoms with Gasteiger partial charge in [0.25, 0.3) is 0 Å². The van der Waals surface area contributed by atoms with E-state index in [0.717, 1.165) is 12.0 Å². The van der Waals surface area contributed by atoms with Gasteiger partial charge in [0.1, 0.15) is 0 Å². The van der Waals surface area contributed by atoms with Crippen LogP contribution in [0.2, 0.25) is 0 Å². The Morgan fingerprint density at radius 2 is 2.18 bits per heavy atom. The highest BCUT2D eigenvalue weighted by Gasteiger charge is 2.23. The van der Waals surface area contributed by atoms with Gasteiger partial charge in [-0.15, -0.1) is 0 Å². The lowest BCUT2D eigenvalue weighted by molar-refractivity contribution is -0.118. The molecule has 1 aliphatic carbocycles. The van der Waals surface area contributed by atoms with Crippen LogP contribution in [0.5, 0.6) is 0 Å². The van der Waals surface area contributed by atoms with Gasteiger partial charge in [0.15, 0.2) is 11.6 Å². The van der Waals surface area contributed by atoms with Crippen LogP contribution in [-0.2, 0) is 9.59 Å². The topological polar surface area (TPSA) is 34.1 Å². The first-order valence-corrected chi connectivity index (χ1v) is 3.56. The second-order valence-corrected chi connectivity index (χ2v) is 2.65. The van der Waals surface area contributed by atoms with Crippen LogP contribution in [0.4, 0.5) is 0 Å². The lowest BCUT2D eigenvalue weighted by atomic mass is 10.1. The molecule has 0 amide bonds. The van der Waals surface area contributed by atoms with Gasteiger partial charge in [0.2, 0.25) is 0 Å². The number of ketones is 2. The van der Waals surface area contributed by atoms with Crippen molar-refractivity contribution in [3.8, 4) is 0 Å². The highest BCUT2D eigenvalue weighted by Crippen LogP contribution is 2.22. The maximum absolute atomic E-state index is 11.1. The summed E-state index contributed by atoms with van der Waals surface area (Å²) in [5.74, 6) is -0.266.